The van der Waals surface area contributed by atoms with Gasteiger partial charge in [0.05, 0.1) is 5.04 Å². The summed E-state index contributed by atoms with van der Waals surface area (Å²) >= 11 is 3.03. The number of hydrogen-bond donors (Lipinski definition) is 0. The van der Waals surface area contributed by atoms with Crippen molar-refractivity contribution >= 4 is 39.6 Å². The van der Waals surface area contributed by atoms with Gasteiger partial charge in [-0.2, -0.15) is 4.99 Å². The quantitative estimate of drug-likeness (QED) is 0.710. The highest BCUT2D eigenvalue weighted by Crippen LogP contribution is 2.40. The zero-order valence-electron chi connectivity index (χ0n) is 9.19. The van der Waals surface area contributed by atoms with E-state index in [1.54, 1.807) is 17.8 Å². The van der Waals surface area contributed by atoms with Crippen LogP contribution >= 0.6 is 23.5 Å². The summed E-state index contributed by atoms with van der Waals surface area (Å²) in [4.78, 5) is 21.4. The molecule has 0 aromatic carbocycles. The predicted molar refractivity (Wildman–Crippen MR) is 72.0 cm³/mol. The van der Waals surface area contributed by atoms with Gasteiger partial charge in [-0.3, -0.25) is 4.79 Å². The fourth-order valence-corrected chi connectivity index (χ4v) is 3.30. The molecule has 2 aliphatic rings. The maximum absolute atomic E-state index is 11.9. The van der Waals surface area contributed by atoms with E-state index in [4.69, 9.17) is 0 Å². The van der Waals surface area contributed by atoms with Gasteiger partial charge in [0.2, 0.25) is 0 Å². The van der Waals surface area contributed by atoms with E-state index >= 15 is 0 Å². The lowest BCUT2D eigenvalue weighted by atomic mass is 10.0. The third-order valence-corrected chi connectivity index (χ3v) is 4.49. The summed E-state index contributed by atoms with van der Waals surface area (Å²) in [6, 6.07) is 0. The zero-order valence-corrected chi connectivity index (χ0v) is 10.8. The summed E-state index contributed by atoms with van der Waals surface area (Å²) in [6.45, 7) is 7.63. The van der Waals surface area contributed by atoms with Gasteiger partial charge in [-0.15, -0.1) is 6.58 Å². The van der Waals surface area contributed by atoms with E-state index in [9.17, 15) is 4.79 Å². The average Bonchev–Trinajstić information content (AvgIpc) is 2.52. The van der Waals surface area contributed by atoms with Crippen molar-refractivity contribution in [1.82, 2.24) is 0 Å². The molecule has 3 nitrogen and oxygen atoms in total. The van der Waals surface area contributed by atoms with Crippen LogP contribution in [0.25, 0.3) is 0 Å². The first-order valence-corrected chi connectivity index (χ1v) is 6.73. The van der Waals surface area contributed by atoms with E-state index in [2.05, 4.69) is 16.6 Å². The minimum atomic E-state index is -0.210. The molecule has 2 rings (SSSR count). The van der Waals surface area contributed by atoms with Crippen molar-refractivity contribution in [3.05, 3.63) is 23.1 Å². The van der Waals surface area contributed by atoms with Crippen molar-refractivity contribution in [3.63, 3.8) is 0 Å². The van der Waals surface area contributed by atoms with E-state index in [1.165, 1.54) is 16.7 Å². The molecule has 2 heterocycles. The van der Waals surface area contributed by atoms with Gasteiger partial charge < -0.3 is 0 Å². The van der Waals surface area contributed by atoms with Crippen molar-refractivity contribution in [2.45, 2.75) is 13.8 Å². The number of amidine groups is 1. The number of thioether (sulfide) groups is 2. The van der Waals surface area contributed by atoms with Crippen molar-refractivity contribution in [2.24, 2.45) is 15.9 Å². The zero-order chi connectivity index (χ0) is 11.7. The Morgan fingerprint density at radius 2 is 2.25 bits per heavy atom. The van der Waals surface area contributed by atoms with Crippen LogP contribution in [-0.4, -0.2) is 21.9 Å². The number of amides is 1. The number of carbonyl (C=O) groups is 1. The Bertz CT molecular complexity index is 449. The molecule has 0 aromatic heterocycles. The Morgan fingerprint density at radius 1 is 1.50 bits per heavy atom. The molecule has 0 radical (unpaired) electrons. The highest BCUT2D eigenvalue weighted by atomic mass is 32.2. The fourth-order valence-electron chi connectivity index (χ4n) is 1.54. The Balaban J connectivity index is 2.23. The van der Waals surface area contributed by atoms with Crippen LogP contribution in [0.3, 0.4) is 0 Å². The molecule has 0 saturated carbocycles. The Morgan fingerprint density at radius 3 is 2.94 bits per heavy atom. The molecule has 5 heteroatoms. The van der Waals surface area contributed by atoms with Crippen molar-refractivity contribution in [3.8, 4) is 0 Å². The third kappa shape index (κ3) is 2.01. The largest absolute Gasteiger partial charge is 0.271 e. The molecular formula is C11H12N2OS2. The molecule has 1 unspecified atom stereocenters. The normalized spacial score (nSPS) is 24.1. The van der Waals surface area contributed by atoms with Gasteiger partial charge in [-0.1, -0.05) is 29.6 Å². The van der Waals surface area contributed by atoms with Crippen LogP contribution in [0, 0.1) is 5.92 Å². The van der Waals surface area contributed by atoms with Crippen molar-refractivity contribution in [2.75, 3.05) is 5.75 Å². The number of aliphatic imine (C=N–C) groups is 2. The van der Waals surface area contributed by atoms with Crippen LogP contribution in [0.2, 0.25) is 0 Å². The van der Waals surface area contributed by atoms with Gasteiger partial charge in [-0.05, 0) is 24.3 Å². The van der Waals surface area contributed by atoms with Gasteiger partial charge in [-0.25, -0.2) is 4.99 Å². The third-order valence-electron chi connectivity index (χ3n) is 2.48. The topological polar surface area (TPSA) is 41.8 Å². The fraction of sp³-hybridized carbons (Fsp3) is 0.364. The monoisotopic (exact) mass is 252 g/mol. The first-order chi connectivity index (χ1) is 7.63. The average molecular weight is 252 g/mol. The van der Waals surface area contributed by atoms with E-state index in [0.29, 0.717) is 5.17 Å². The lowest BCUT2D eigenvalue weighted by Gasteiger charge is -2.13. The van der Waals surface area contributed by atoms with Crippen molar-refractivity contribution < 1.29 is 4.79 Å². The lowest BCUT2D eigenvalue weighted by Crippen LogP contribution is -2.23. The molecule has 0 N–H and O–H groups in total. The first-order valence-electron chi connectivity index (χ1n) is 4.93. The van der Waals surface area contributed by atoms with Crippen LogP contribution in [0.4, 0.5) is 0 Å². The van der Waals surface area contributed by atoms with Crippen molar-refractivity contribution in [1.29, 1.82) is 0 Å². The SMILES string of the molecule is C=CCSC1=NC(=O)C2C(=N1)SC(C)=C2C. The van der Waals surface area contributed by atoms with Crippen LogP contribution in [0.1, 0.15) is 13.8 Å². The van der Waals surface area contributed by atoms with Crippen LogP contribution in [-0.2, 0) is 4.79 Å². The van der Waals surface area contributed by atoms with Gasteiger partial charge >= 0.3 is 0 Å². The first kappa shape index (κ1) is 11.7. The highest BCUT2D eigenvalue weighted by Gasteiger charge is 2.36. The summed E-state index contributed by atoms with van der Waals surface area (Å²) in [5.41, 5.74) is 1.09. The molecule has 0 bridgehead atoms. The summed E-state index contributed by atoms with van der Waals surface area (Å²) < 4.78 is 0. The summed E-state index contributed by atoms with van der Waals surface area (Å²) in [7, 11) is 0. The standard InChI is InChI=1S/C11H12N2OS2/c1-4-5-15-11-12-9(14)8-6(2)7(3)16-10(8)13-11/h4,8H,1,5H2,2-3H3. The molecule has 0 spiro atoms. The molecule has 16 heavy (non-hydrogen) atoms. The van der Waals surface area contributed by atoms with Crippen LogP contribution in [0.5, 0.6) is 0 Å². The van der Waals surface area contributed by atoms with Gasteiger partial charge in [0, 0.05) is 5.75 Å². The second kappa shape index (κ2) is 4.59. The minimum Gasteiger partial charge on any atom is -0.271 e. The predicted octanol–water partition coefficient (Wildman–Crippen LogP) is 2.86. The Hall–Kier alpha value is -0.810. The number of hydrogen-bond acceptors (Lipinski definition) is 4. The molecule has 0 aromatic rings. The number of fused-ring (bicyclic) bond motifs is 1. The molecule has 2 aliphatic heterocycles. The van der Waals surface area contributed by atoms with Crippen LogP contribution < -0.4 is 0 Å². The molecule has 84 valence electrons. The molecule has 0 saturated heterocycles. The molecule has 0 aliphatic carbocycles. The molecule has 0 fully saturated rings. The molecular weight excluding hydrogens is 240 g/mol. The second-order valence-corrected chi connectivity index (χ2v) is 5.78. The summed E-state index contributed by atoms with van der Waals surface area (Å²) in [5, 5.41) is 1.44. The Labute approximate surface area is 103 Å². The maximum atomic E-state index is 11.9. The van der Waals surface area contributed by atoms with Gasteiger partial charge in [0.15, 0.2) is 5.17 Å². The smallest absolute Gasteiger partial charge is 0.262 e. The molecule has 1 amide bonds. The Kier molecular flexibility index (Phi) is 3.35. The second-order valence-electron chi connectivity index (χ2n) is 3.56. The lowest BCUT2D eigenvalue weighted by molar-refractivity contribution is -0.118. The van der Waals surface area contributed by atoms with E-state index in [1.807, 2.05) is 13.8 Å². The maximum Gasteiger partial charge on any atom is 0.262 e. The summed E-state index contributed by atoms with van der Waals surface area (Å²) in [5.74, 6) is 0.431. The van der Waals surface area contributed by atoms with Crippen LogP contribution in [0.15, 0.2) is 33.1 Å². The minimum absolute atomic E-state index is 0.0848. The van der Waals surface area contributed by atoms with E-state index < -0.39 is 0 Å². The number of rotatable bonds is 2. The number of allylic oxidation sites excluding steroid dienone is 1. The van der Waals surface area contributed by atoms with Gasteiger partial charge in [0.1, 0.15) is 5.92 Å². The number of carbonyl (C=O) groups excluding carboxylic acids is 1. The highest BCUT2D eigenvalue weighted by molar-refractivity contribution is 8.18. The number of nitrogens with zero attached hydrogens (tertiary/aromatic N) is 2. The van der Waals surface area contributed by atoms with Gasteiger partial charge in [0.25, 0.3) is 5.91 Å². The summed E-state index contributed by atoms with van der Waals surface area (Å²) in [6.07, 6.45) is 1.78. The molecule has 1 atom stereocenters. The van der Waals surface area contributed by atoms with E-state index in [0.717, 1.165) is 16.4 Å². The van der Waals surface area contributed by atoms with E-state index in [-0.39, 0.29) is 11.8 Å².